The van der Waals surface area contributed by atoms with Crippen molar-refractivity contribution in [1.82, 2.24) is 0 Å². The highest BCUT2D eigenvalue weighted by molar-refractivity contribution is 14.1. The molecule has 0 heterocycles. The molecule has 0 saturated carbocycles. The van der Waals surface area contributed by atoms with E-state index in [1.54, 1.807) is 24.3 Å². The van der Waals surface area contributed by atoms with E-state index in [0.29, 0.717) is 9.99 Å². The monoisotopic (exact) mass is 374 g/mol. The van der Waals surface area contributed by atoms with E-state index in [1.165, 1.54) is 18.2 Å². The summed E-state index contributed by atoms with van der Waals surface area (Å²) in [6.07, 6.45) is -0.240. The van der Waals surface area contributed by atoms with Gasteiger partial charge in [0.1, 0.15) is 11.6 Å². The van der Waals surface area contributed by atoms with E-state index in [4.69, 9.17) is 4.74 Å². The summed E-state index contributed by atoms with van der Waals surface area (Å²) >= 11 is 2.17. The number of ether oxygens (including phenoxy) is 1. The molecule has 0 fully saturated rings. The van der Waals surface area contributed by atoms with E-state index in [-0.39, 0.29) is 24.3 Å². The standard InChI is InChI=1S/C15H13F2IO/c16-13-6-3-5-11(8-13)15(9-18)19-10-12-4-1-2-7-14(12)17/h1-8,15H,9-10H2. The molecule has 0 aliphatic heterocycles. The molecule has 0 spiro atoms. The molecule has 0 bridgehead atoms. The van der Waals surface area contributed by atoms with Gasteiger partial charge < -0.3 is 4.74 Å². The Morgan fingerprint density at radius 1 is 1.05 bits per heavy atom. The first-order valence-electron chi connectivity index (χ1n) is 5.87. The topological polar surface area (TPSA) is 9.23 Å². The summed E-state index contributed by atoms with van der Waals surface area (Å²) in [4.78, 5) is 0. The smallest absolute Gasteiger partial charge is 0.128 e. The summed E-state index contributed by atoms with van der Waals surface area (Å²) in [5, 5.41) is 0. The SMILES string of the molecule is Fc1cccc(C(CI)OCc2ccccc2F)c1. The molecule has 0 aromatic heterocycles. The Bertz CT molecular complexity index is 545. The molecule has 19 heavy (non-hydrogen) atoms. The summed E-state index contributed by atoms with van der Waals surface area (Å²) in [5.41, 5.74) is 1.28. The van der Waals surface area contributed by atoms with Crippen LogP contribution in [0.25, 0.3) is 0 Å². The van der Waals surface area contributed by atoms with Gasteiger partial charge >= 0.3 is 0 Å². The number of rotatable bonds is 5. The van der Waals surface area contributed by atoms with E-state index in [2.05, 4.69) is 22.6 Å². The minimum absolute atomic E-state index is 0.177. The van der Waals surface area contributed by atoms with Crippen LogP contribution in [0.15, 0.2) is 48.5 Å². The molecule has 0 radical (unpaired) electrons. The van der Waals surface area contributed by atoms with Crippen LogP contribution >= 0.6 is 22.6 Å². The molecular weight excluding hydrogens is 361 g/mol. The number of hydrogen-bond acceptors (Lipinski definition) is 1. The lowest BCUT2D eigenvalue weighted by atomic mass is 10.1. The number of benzene rings is 2. The van der Waals surface area contributed by atoms with Crippen LogP contribution in [0.4, 0.5) is 8.78 Å². The van der Waals surface area contributed by atoms with Crippen LogP contribution in [0.5, 0.6) is 0 Å². The number of hydrogen-bond donors (Lipinski definition) is 0. The molecule has 1 unspecified atom stereocenters. The minimum Gasteiger partial charge on any atom is -0.368 e. The fourth-order valence-electron chi connectivity index (χ4n) is 1.74. The summed E-state index contributed by atoms with van der Waals surface area (Å²) in [6, 6.07) is 12.8. The van der Waals surface area contributed by atoms with Gasteiger partial charge in [0.05, 0.1) is 12.7 Å². The van der Waals surface area contributed by atoms with Crippen molar-refractivity contribution in [2.75, 3.05) is 4.43 Å². The predicted octanol–water partition coefficient (Wildman–Crippen LogP) is 4.66. The molecule has 0 N–H and O–H groups in total. The Hall–Kier alpha value is -1.01. The lowest BCUT2D eigenvalue weighted by molar-refractivity contribution is 0.0558. The highest BCUT2D eigenvalue weighted by atomic mass is 127. The average Bonchev–Trinajstić information content (AvgIpc) is 2.41. The van der Waals surface area contributed by atoms with Crippen molar-refractivity contribution in [2.45, 2.75) is 12.7 Å². The Labute approximate surface area is 124 Å². The lowest BCUT2D eigenvalue weighted by Crippen LogP contribution is -2.07. The van der Waals surface area contributed by atoms with Gasteiger partial charge in [-0.15, -0.1) is 0 Å². The van der Waals surface area contributed by atoms with Gasteiger partial charge in [-0.2, -0.15) is 0 Å². The Morgan fingerprint density at radius 3 is 2.53 bits per heavy atom. The maximum absolute atomic E-state index is 13.5. The van der Waals surface area contributed by atoms with Gasteiger partial charge in [0.25, 0.3) is 0 Å². The first-order chi connectivity index (χ1) is 9.20. The molecule has 1 atom stereocenters. The molecule has 2 aromatic rings. The zero-order chi connectivity index (χ0) is 13.7. The molecule has 100 valence electrons. The van der Waals surface area contributed by atoms with Crippen LogP contribution in [0, 0.1) is 11.6 Å². The number of halogens is 3. The van der Waals surface area contributed by atoms with Crippen LogP contribution in [0.2, 0.25) is 0 Å². The van der Waals surface area contributed by atoms with Gasteiger partial charge in [-0.3, -0.25) is 0 Å². The van der Waals surface area contributed by atoms with Crippen molar-refractivity contribution in [3.8, 4) is 0 Å². The van der Waals surface area contributed by atoms with E-state index >= 15 is 0 Å². The van der Waals surface area contributed by atoms with Crippen LogP contribution in [0.3, 0.4) is 0 Å². The average molecular weight is 374 g/mol. The van der Waals surface area contributed by atoms with Gasteiger partial charge in [-0.25, -0.2) is 8.78 Å². The van der Waals surface area contributed by atoms with Crippen LogP contribution in [-0.2, 0) is 11.3 Å². The second-order valence-electron chi connectivity index (χ2n) is 4.10. The van der Waals surface area contributed by atoms with Crippen molar-refractivity contribution in [3.05, 3.63) is 71.3 Å². The van der Waals surface area contributed by atoms with Gasteiger partial charge in [-0.05, 0) is 23.8 Å². The molecular formula is C15H13F2IO. The number of alkyl halides is 1. The largest absolute Gasteiger partial charge is 0.368 e. The Balaban J connectivity index is 2.06. The van der Waals surface area contributed by atoms with Gasteiger partial charge in [0, 0.05) is 9.99 Å². The van der Waals surface area contributed by atoms with Crippen molar-refractivity contribution >= 4 is 22.6 Å². The quantitative estimate of drug-likeness (QED) is 0.547. The molecule has 1 nitrogen and oxygen atoms in total. The van der Waals surface area contributed by atoms with Gasteiger partial charge in [-0.1, -0.05) is 52.9 Å². The van der Waals surface area contributed by atoms with Crippen LogP contribution < -0.4 is 0 Å². The van der Waals surface area contributed by atoms with Crippen molar-refractivity contribution in [3.63, 3.8) is 0 Å². The maximum atomic E-state index is 13.5. The van der Waals surface area contributed by atoms with Crippen LogP contribution in [-0.4, -0.2) is 4.43 Å². The van der Waals surface area contributed by atoms with E-state index in [1.807, 2.05) is 6.07 Å². The second-order valence-corrected chi connectivity index (χ2v) is 4.98. The van der Waals surface area contributed by atoms with E-state index in [9.17, 15) is 8.78 Å². The summed E-state index contributed by atoms with van der Waals surface area (Å²) in [5.74, 6) is -0.573. The third kappa shape index (κ3) is 3.98. The highest BCUT2D eigenvalue weighted by Crippen LogP contribution is 2.22. The molecule has 0 aliphatic rings. The lowest BCUT2D eigenvalue weighted by Gasteiger charge is -2.16. The predicted molar refractivity (Wildman–Crippen MR) is 79.2 cm³/mol. The molecule has 0 aliphatic carbocycles. The van der Waals surface area contributed by atoms with Gasteiger partial charge in [0.2, 0.25) is 0 Å². The third-order valence-electron chi connectivity index (χ3n) is 2.76. The van der Waals surface area contributed by atoms with Gasteiger partial charge in [0.15, 0.2) is 0 Å². The molecule has 2 rings (SSSR count). The van der Waals surface area contributed by atoms with E-state index < -0.39 is 0 Å². The Morgan fingerprint density at radius 2 is 1.84 bits per heavy atom. The first kappa shape index (κ1) is 14.4. The highest BCUT2D eigenvalue weighted by Gasteiger charge is 2.12. The molecule has 0 saturated heterocycles. The summed E-state index contributed by atoms with van der Waals surface area (Å²) in [6.45, 7) is 0.177. The fraction of sp³-hybridized carbons (Fsp3) is 0.200. The summed E-state index contributed by atoms with van der Waals surface area (Å²) in [7, 11) is 0. The zero-order valence-electron chi connectivity index (χ0n) is 10.2. The first-order valence-corrected chi connectivity index (χ1v) is 7.39. The van der Waals surface area contributed by atoms with E-state index in [0.717, 1.165) is 5.56 Å². The maximum Gasteiger partial charge on any atom is 0.128 e. The van der Waals surface area contributed by atoms with Crippen molar-refractivity contribution in [1.29, 1.82) is 0 Å². The van der Waals surface area contributed by atoms with Crippen LogP contribution in [0.1, 0.15) is 17.2 Å². The third-order valence-corrected chi connectivity index (χ3v) is 3.56. The fourth-order valence-corrected chi connectivity index (χ4v) is 2.51. The normalized spacial score (nSPS) is 12.4. The second kappa shape index (κ2) is 6.96. The van der Waals surface area contributed by atoms with Crippen molar-refractivity contribution in [2.24, 2.45) is 0 Å². The minimum atomic E-state index is -0.290. The van der Waals surface area contributed by atoms with Crippen molar-refractivity contribution < 1.29 is 13.5 Å². The zero-order valence-corrected chi connectivity index (χ0v) is 12.3. The molecule has 2 aromatic carbocycles. The summed E-state index contributed by atoms with van der Waals surface area (Å²) < 4.78 is 33.0. The Kier molecular flexibility index (Phi) is 5.27. The molecule has 0 amide bonds. The molecule has 4 heteroatoms.